The normalized spacial score (nSPS) is 15.0. The van der Waals surface area contributed by atoms with Crippen LogP contribution in [0.1, 0.15) is 19.8 Å². The van der Waals surface area contributed by atoms with Gasteiger partial charge in [-0.25, -0.2) is 9.78 Å². The van der Waals surface area contributed by atoms with Gasteiger partial charge in [0.15, 0.2) is 4.34 Å². The minimum Gasteiger partial charge on any atom is -0.335 e. The van der Waals surface area contributed by atoms with Gasteiger partial charge in [0.1, 0.15) is 0 Å². The Morgan fingerprint density at radius 3 is 2.74 bits per heavy atom. The molecule has 1 aliphatic rings. The second kappa shape index (κ2) is 7.14. The first-order chi connectivity index (χ1) is 11.1. The number of carbonyl (C=O) groups excluding carboxylic acids is 2. The van der Waals surface area contributed by atoms with E-state index in [1.54, 1.807) is 6.92 Å². The Bertz CT molecular complexity index is 698. The number of nitrogens with zero attached hydrogens (tertiary/aromatic N) is 1. The number of aromatic nitrogens is 1. The van der Waals surface area contributed by atoms with Gasteiger partial charge in [-0.3, -0.25) is 10.1 Å². The minimum absolute atomic E-state index is 0.234. The van der Waals surface area contributed by atoms with Gasteiger partial charge in [0.05, 0.1) is 10.9 Å². The van der Waals surface area contributed by atoms with E-state index in [0.29, 0.717) is 0 Å². The van der Waals surface area contributed by atoms with Crippen LogP contribution in [0.25, 0.3) is 11.3 Å². The van der Waals surface area contributed by atoms with Crippen molar-refractivity contribution in [3.63, 3.8) is 0 Å². The standard InChI is InChI=1S/C16H17N3O2S2/c1-10(14(20)19-15(21)17-12-7-8-12)23-16-18-13(9-22-16)11-5-3-2-4-6-11/h2-6,9-10,12H,7-8H2,1H3,(H2,17,19,20,21). The molecule has 1 atom stereocenters. The van der Waals surface area contributed by atoms with Gasteiger partial charge in [0.25, 0.3) is 0 Å². The highest BCUT2D eigenvalue weighted by Gasteiger charge is 2.25. The number of rotatable bonds is 5. The van der Waals surface area contributed by atoms with E-state index in [-0.39, 0.29) is 17.2 Å². The van der Waals surface area contributed by atoms with Crippen molar-refractivity contribution < 1.29 is 9.59 Å². The minimum atomic E-state index is -0.408. The van der Waals surface area contributed by atoms with Gasteiger partial charge < -0.3 is 5.32 Å². The number of carbonyl (C=O) groups is 2. The molecule has 1 aromatic carbocycles. The summed E-state index contributed by atoms with van der Waals surface area (Å²) in [6, 6.07) is 9.73. The number of benzene rings is 1. The second-order valence-corrected chi connectivity index (χ2v) is 7.81. The molecule has 1 fully saturated rings. The maximum atomic E-state index is 12.0. The monoisotopic (exact) mass is 347 g/mol. The number of nitrogens with one attached hydrogen (secondary N) is 2. The molecule has 0 saturated heterocycles. The highest BCUT2D eigenvalue weighted by molar-refractivity contribution is 8.02. The molecule has 23 heavy (non-hydrogen) atoms. The van der Waals surface area contributed by atoms with Crippen LogP contribution in [0, 0.1) is 0 Å². The van der Waals surface area contributed by atoms with Crippen LogP contribution in [0.3, 0.4) is 0 Å². The maximum Gasteiger partial charge on any atom is 0.321 e. The first-order valence-corrected chi connectivity index (χ1v) is 9.16. The molecule has 5 nitrogen and oxygen atoms in total. The van der Waals surface area contributed by atoms with E-state index in [2.05, 4.69) is 15.6 Å². The molecule has 0 aliphatic heterocycles. The third kappa shape index (κ3) is 4.56. The summed E-state index contributed by atoms with van der Waals surface area (Å²) in [6.07, 6.45) is 1.99. The van der Waals surface area contributed by atoms with Gasteiger partial charge in [-0.2, -0.15) is 0 Å². The zero-order chi connectivity index (χ0) is 16.2. The van der Waals surface area contributed by atoms with E-state index in [9.17, 15) is 9.59 Å². The van der Waals surface area contributed by atoms with Crippen LogP contribution in [-0.4, -0.2) is 28.2 Å². The van der Waals surface area contributed by atoms with Crippen molar-refractivity contribution >= 4 is 35.0 Å². The first-order valence-electron chi connectivity index (χ1n) is 7.41. The van der Waals surface area contributed by atoms with Gasteiger partial charge in [-0.1, -0.05) is 42.1 Å². The van der Waals surface area contributed by atoms with Crippen LogP contribution in [0.15, 0.2) is 40.1 Å². The molecule has 3 rings (SSSR count). The van der Waals surface area contributed by atoms with E-state index in [0.717, 1.165) is 28.4 Å². The molecule has 0 bridgehead atoms. The SMILES string of the molecule is CC(Sc1nc(-c2ccccc2)cs1)C(=O)NC(=O)NC1CC1. The molecule has 0 radical (unpaired) electrons. The Labute approximate surface area is 142 Å². The second-order valence-electron chi connectivity index (χ2n) is 5.36. The summed E-state index contributed by atoms with van der Waals surface area (Å²) < 4.78 is 0.814. The van der Waals surface area contributed by atoms with Gasteiger partial charge in [0.2, 0.25) is 5.91 Å². The van der Waals surface area contributed by atoms with Crippen molar-refractivity contribution in [3.05, 3.63) is 35.7 Å². The summed E-state index contributed by atoms with van der Waals surface area (Å²) in [7, 11) is 0. The molecule has 3 amide bonds. The summed E-state index contributed by atoms with van der Waals surface area (Å²) in [5, 5.41) is 6.71. The van der Waals surface area contributed by atoms with E-state index in [1.165, 1.54) is 23.1 Å². The summed E-state index contributed by atoms with van der Waals surface area (Å²) >= 11 is 2.86. The van der Waals surface area contributed by atoms with Crippen LogP contribution >= 0.6 is 23.1 Å². The van der Waals surface area contributed by atoms with Gasteiger partial charge >= 0.3 is 6.03 Å². The summed E-state index contributed by atoms with van der Waals surface area (Å²) in [4.78, 5) is 28.1. The molecule has 2 N–H and O–H groups in total. The molecule has 1 unspecified atom stereocenters. The molecule has 2 aromatic rings. The Kier molecular flexibility index (Phi) is 4.97. The van der Waals surface area contributed by atoms with E-state index in [1.807, 2.05) is 35.7 Å². The van der Waals surface area contributed by atoms with Crippen LogP contribution in [0.4, 0.5) is 4.79 Å². The fourth-order valence-electron chi connectivity index (χ4n) is 1.92. The third-order valence-corrected chi connectivity index (χ3v) is 5.42. The highest BCUT2D eigenvalue weighted by Crippen LogP contribution is 2.30. The van der Waals surface area contributed by atoms with Crippen LogP contribution in [0.5, 0.6) is 0 Å². The molecule has 1 aromatic heterocycles. The average Bonchev–Trinajstić information content (AvgIpc) is 3.23. The Morgan fingerprint density at radius 2 is 2.04 bits per heavy atom. The highest BCUT2D eigenvalue weighted by atomic mass is 32.2. The number of urea groups is 1. The number of thioether (sulfide) groups is 1. The van der Waals surface area contributed by atoms with E-state index >= 15 is 0 Å². The van der Waals surface area contributed by atoms with Crippen LogP contribution in [0.2, 0.25) is 0 Å². The molecular formula is C16H17N3O2S2. The van der Waals surface area contributed by atoms with Crippen molar-refractivity contribution in [1.82, 2.24) is 15.6 Å². The summed E-state index contributed by atoms with van der Waals surface area (Å²) in [5.41, 5.74) is 1.95. The predicted molar refractivity (Wildman–Crippen MR) is 92.6 cm³/mol. The van der Waals surface area contributed by atoms with Crippen molar-refractivity contribution in [3.8, 4) is 11.3 Å². The number of hydrogen-bond acceptors (Lipinski definition) is 5. The molecule has 0 spiro atoms. The Balaban J connectivity index is 1.55. The lowest BCUT2D eigenvalue weighted by molar-refractivity contribution is -0.119. The molecule has 120 valence electrons. The largest absolute Gasteiger partial charge is 0.335 e. The van der Waals surface area contributed by atoms with Gasteiger partial charge in [-0.05, 0) is 19.8 Å². The lowest BCUT2D eigenvalue weighted by Gasteiger charge is -2.10. The van der Waals surface area contributed by atoms with E-state index in [4.69, 9.17) is 0 Å². The van der Waals surface area contributed by atoms with Gasteiger partial charge in [0, 0.05) is 17.0 Å². The number of amides is 3. The zero-order valence-corrected chi connectivity index (χ0v) is 14.2. The fourth-order valence-corrected chi connectivity index (χ4v) is 3.89. The molecule has 1 aliphatic carbocycles. The lowest BCUT2D eigenvalue weighted by Crippen LogP contribution is -2.43. The summed E-state index contributed by atoms with van der Waals surface area (Å²) in [5.74, 6) is -0.301. The Morgan fingerprint density at radius 1 is 1.30 bits per heavy atom. The van der Waals surface area contributed by atoms with E-state index < -0.39 is 6.03 Å². The van der Waals surface area contributed by atoms with Crippen LogP contribution < -0.4 is 10.6 Å². The Hall–Kier alpha value is -1.86. The quantitative estimate of drug-likeness (QED) is 0.814. The fraction of sp³-hybridized carbons (Fsp3) is 0.312. The van der Waals surface area contributed by atoms with Crippen molar-refractivity contribution in [1.29, 1.82) is 0 Å². The lowest BCUT2D eigenvalue weighted by atomic mass is 10.2. The summed E-state index contributed by atoms with van der Waals surface area (Å²) in [6.45, 7) is 1.77. The number of hydrogen-bond donors (Lipinski definition) is 2. The van der Waals surface area contributed by atoms with Crippen molar-refractivity contribution in [2.75, 3.05) is 0 Å². The van der Waals surface area contributed by atoms with Crippen molar-refractivity contribution in [2.24, 2.45) is 0 Å². The van der Waals surface area contributed by atoms with Crippen LogP contribution in [-0.2, 0) is 4.79 Å². The molecule has 1 saturated carbocycles. The molecular weight excluding hydrogens is 330 g/mol. The molecule has 7 heteroatoms. The predicted octanol–water partition coefficient (Wildman–Crippen LogP) is 3.28. The van der Waals surface area contributed by atoms with Gasteiger partial charge in [-0.15, -0.1) is 11.3 Å². The zero-order valence-electron chi connectivity index (χ0n) is 12.6. The average molecular weight is 347 g/mol. The third-order valence-electron chi connectivity index (χ3n) is 3.35. The number of imide groups is 1. The van der Waals surface area contributed by atoms with Crippen molar-refractivity contribution in [2.45, 2.75) is 35.4 Å². The smallest absolute Gasteiger partial charge is 0.321 e. The first kappa shape index (κ1) is 16.0. The maximum absolute atomic E-state index is 12.0. The number of thiazole rings is 1. The topological polar surface area (TPSA) is 71.1 Å². The molecule has 1 heterocycles.